The zero-order valence-electron chi connectivity index (χ0n) is 22.5. The Kier molecular flexibility index (Phi) is 8.42. The van der Waals surface area contributed by atoms with Crippen molar-refractivity contribution in [2.75, 3.05) is 23.1 Å². The van der Waals surface area contributed by atoms with Crippen LogP contribution in [0.15, 0.2) is 72.0 Å². The number of nitrogens with one attached hydrogen (secondary N) is 1. The first-order valence-corrected chi connectivity index (χ1v) is 13.4. The number of carbonyl (C=O) groups is 2. The molecule has 1 fully saturated rings. The van der Waals surface area contributed by atoms with E-state index in [1.54, 1.807) is 0 Å². The van der Waals surface area contributed by atoms with Crippen LogP contribution in [0.4, 0.5) is 46.9 Å². The average Bonchev–Trinajstić information content (AvgIpc) is 3.60. The summed E-state index contributed by atoms with van der Waals surface area (Å²) in [5, 5.41) is 6.00. The van der Waals surface area contributed by atoms with E-state index in [1.807, 2.05) is 0 Å². The highest BCUT2D eigenvalue weighted by Crippen LogP contribution is 2.41. The van der Waals surface area contributed by atoms with Gasteiger partial charge in [0, 0.05) is 11.6 Å². The maximum absolute atomic E-state index is 15.0. The Morgan fingerprint density at radius 3 is 2.36 bits per heavy atom. The summed E-state index contributed by atoms with van der Waals surface area (Å²) < 4.78 is 103. The van der Waals surface area contributed by atoms with Gasteiger partial charge in [-0.25, -0.2) is 18.9 Å². The number of aromatic nitrogens is 3. The Morgan fingerprint density at radius 1 is 1.00 bits per heavy atom. The number of benzene rings is 3. The number of rotatable bonds is 6. The molecule has 0 atom stereocenters. The lowest BCUT2D eigenvalue weighted by atomic mass is 10.1. The molecule has 0 bridgehead atoms. The van der Waals surface area contributed by atoms with Gasteiger partial charge < -0.3 is 14.8 Å². The average molecular weight is 655 g/mol. The minimum absolute atomic E-state index is 0.0291. The van der Waals surface area contributed by atoms with Crippen LogP contribution < -0.4 is 19.7 Å². The molecule has 45 heavy (non-hydrogen) atoms. The molecule has 18 heteroatoms. The maximum Gasteiger partial charge on any atom is 0.573 e. The number of thioether (sulfide) groups is 1. The van der Waals surface area contributed by atoms with Gasteiger partial charge in [0.05, 0.1) is 35.5 Å². The molecule has 5 rings (SSSR count). The van der Waals surface area contributed by atoms with E-state index in [2.05, 4.69) is 25.1 Å². The summed E-state index contributed by atoms with van der Waals surface area (Å²) in [4.78, 5) is 33.6. The van der Waals surface area contributed by atoms with Crippen LogP contribution in [0.3, 0.4) is 0 Å². The van der Waals surface area contributed by atoms with Crippen molar-refractivity contribution in [3.63, 3.8) is 0 Å². The van der Waals surface area contributed by atoms with Gasteiger partial charge in [-0.2, -0.15) is 18.2 Å². The Bertz CT molecular complexity index is 1790. The third-order valence-electron chi connectivity index (χ3n) is 6.01. The standard InChI is InChI=1S/C27H17F7N6O4S/c1-43-17-7-8-18(26(29,30)31)21(11-17)40-22(41)12-45-25(40)37-24(42)36-20-9-2-14(10-19(20)28)23-35-13-39(38-23)15-3-5-16(6-4-15)44-27(32,33)34/h2-11,13H,12H2,1H3,(H,36,42)/b37-25-. The predicted octanol–water partition coefficient (Wildman–Crippen LogP) is 6.67. The van der Waals surface area contributed by atoms with Gasteiger partial charge in [-0.3, -0.25) is 9.69 Å². The summed E-state index contributed by atoms with van der Waals surface area (Å²) >= 11 is 0.720. The highest BCUT2D eigenvalue weighted by atomic mass is 32.2. The van der Waals surface area contributed by atoms with Crippen molar-refractivity contribution < 1.29 is 49.8 Å². The molecule has 1 aromatic heterocycles. The van der Waals surface area contributed by atoms with Gasteiger partial charge in [-0.1, -0.05) is 11.8 Å². The topological polar surface area (TPSA) is 111 Å². The summed E-state index contributed by atoms with van der Waals surface area (Å²) in [6, 6.07) is 9.92. The molecule has 2 heterocycles. The van der Waals surface area contributed by atoms with Gasteiger partial charge in [0.2, 0.25) is 5.91 Å². The van der Waals surface area contributed by atoms with Gasteiger partial charge in [0.1, 0.15) is 23.6 Å². The fourth-order valence-electron chi connectivity index (χ4n) is 4.05. The monoisotopic (exact) mass is 654 g/mol. The molecular weight excluding hydrogens is 637 g/mol. The summed E-state index contributed by atoms with van der Waals surface area (Å²) in [6.07, 6.45) is -8.44. The van der Waals surface area contributed by atoms with E-state index in [0.717, 1.165) is 48.2 Å². The van der Waals surface area contributed by atoms with Crippen LogP contribution in [0, 0.1) is 5.82 Å². The van der Waals surface area contributed by atoms with Gasteiger partial charge in [0.15, 0.2) is 11.0 Å². The molecule has 0 aliphatic carbocycles. The van der Waals surface area contributed by atoms with E-state index in [0.29, 0.717) is 10.6 Å². The normalized spacial score (nSPS) is 14.6. The van der Waals surface area contributed by atoms with E-state index < -0.39 is 47.3 Å². The number of nitrogens with zero attached hydrogens (tertiary/aromatic N) is 5. The quantitative estimate of drug-likeness (QED) is 0.231. The van der Waals surface area contributed by atoms with Gasteiger partial charge in [-0.15, -0.1) is 18.3 Å². The first-order chi connectivity index (χ1) is 21.2. The molecule has 1 aliphatic heterocycles. The van der Waals surface area contributed by atoms with Crippen molar-refractivity contribution in [3.05, 3.63) is 78.4 Å². The second-order valence-corrected chi connectivity index (χ2v) is 9.91. The van der Waals surface area contributed by atoms with Crippen molar-refractivity contribution in [3.8, 4) is 28.6 Å². The van der Waals surface area contributed by atoms with Crippen molar-refractivity contribution in [2.45, 2.75) is 12.5 Å². The molecule has 3 amide bonds. The lowest BCUT2D eigenvalue weighted by molar-refractivity contribution is -0.274. The van der Waals surface area contributed by atoms with E-state index in [1.165, 1.54) is 42.4 Å². The number of carbonyl (C=O) groups excluding carboxylic acids is 2. The zero-order valence-corrected chi connectivity index (χ0v) is 23.3. The largest absolute Gasteiger partial charge is 0.573 e. The number of hydrogen-bond acceptors (Lipinski definition) is 7. The molecule has 234 valence electrons. The van der Waals surface area contributed by atoms with Crippen LogP contribution in [0.25, 0.3) is 17.1 Å². The van der Waals surface area contributed by atoms with Gasteiger partial charge in [-0.05, 0) is 54.6 Å². The molecule has 1 aliphatic rings. The molecule has 10 nitrogen and oxygen atoms in total. The SMILES string of the molecule is COc1ccc(C(F)(F)F)c(N2C(=O)CS/C2=N\C(=O)Nc2ccc(-c3ncn(-c4ccc(OC(F)(F)F)cc4)n3)cc2F)c1. The van der Waals surface area contributed by atoms with E-state index >= 15 is 0 Å². The first-order valence-electron chi connectivity index (χ1n) is 12.4. The number of methoxy groups -OCH3 is 1. The second kappa shape index (κ2) is 12.1. The van der Waals surface area contributed by atoms with Gasteiger partial charge in [0.25, 0.3) is 0 Å². The molecule has 1 saturated heterocycles. The van der Waals surface area contributed by atoms with Crippen molar-refractivity contribution in [1.82, 2.24) is 14.8 Å². The number of ether oxygens (including phenoxy) is 2. The maximum atomic E-state index is 15.0. The Hall–Kier alpha value is -5.13. The number of halogens is 7. The Balaban J connectivity index is 1.32. The van der Waals surface area contributed by atoms with E-state index in [-0.39, 0.29) is 33.7 Å². The van der Waals surface area contributed by atoms with Crippen LogP contribution in [0.2, 0.25) is 0 Å². The molecular formula is C27H17F7N6O4S. The number of alkyl halides is 6. The molecule has 0 saturated carbocycles. The number of amides is 3. The second-order valence-electron chi connectivity index (χ2n) is 8.97. The van der Waals surface area contributed by atoms with Crippen molar-refractivity contribution in [2.24, 2.45) is 4.99 Å². The Labute approximate surface area is 252 Å². The number of urea groups is 1. The highest BCUT2D eigenvalue weighted by Gasteiger charge is 2.40. The third-order valence-corrected chi connectivity index (χ3v) is 6.93. The lowest BCUT2D eigenvalue weighted by Gasteiger charge is -2.21. The van der Waals surface area contributed by atoms with E-state index in [4.69, 9.17) is 4.74 Å². The zero-order chi connectivity index (χ0) is 32.5. The lowest BCUT2D eigenvalue weighted by Crippen LogP contribution is -2.32. The minimum Gasteiger partial charge on any atom is -0.497 e. The molecule has 0 unspecified atom stereocenters. The van der Waals surface area contributed by atoms with Crippen LogP contribution in [0.1, 0.15) is 5.56 Å². The third kappa shape index (κ3) is 7.17. The molecule has 0 spiro atoms. The number of hydrogen-bond donors (Lipinski definition) is 1. The Morgan fingerprint density at radius 2 is 1.71 bits per heavy atom. The first kappa shape index (κ1) is 31.3. The van der Waals surface area contributed by atoms with Crippen molar-refractivity contribution >= 4 is 40.2 Å². The highest BCUT2D eigenvalue weighted by molar-refractivity contribution is 8.15. The summed E-state index contributed by atoms with van der Waals surface area (Å²) in [7, 11) is 1.23. The van der Waals surface area contributed by atoms with Gasteiger partial charge >= 0.3 is 18.6 Å². The summed E-state index contributed by atoms with van der Waals surface area (Å²) in [5.74, 6) is -2.37. The van der Waals surface area contributed by atoms with Crippen LogP contribution in [0.5, 0.6) is 11.5 Å². The molecule has 1 N–H and O–H groups in total. The fraction of sp³-hybridized carbons (Fsp3) is 0.148. The van der Waals surface area contributed by atoms with Crippen LogP contribution in [-0.2, 0) is 11.0 Å². The molecule has 4 aromatic rings. The summed E-state index contributed by atoms with van der Waals surface area (Å²) in [6.45, 7) is 0. The minimum atomic E-state index is -4.85. The van der Waals surface area contributed by atoms with E-state index in [9.17, 15) is 40.3 Å². The van der Waals surface area contributed by atoms with Crippen LogP contribution >= 0.6 is 11.8 Å². The molecule has 0 radical (unpaired) electrons. The number of aliphatic imine (C=N–C) groups is 1. The molecule has 3 aromatic carbocycles. The van der Waals surface area contributed by atoms with Crippen molar-refractivity contribution in [1.29, 1.82) is 0 Å². The summed E-state index contributed by atoms with van der Waals surface area (Å²) in [5.41, 5.74) is -1.58. The smallest absolute Gasteiger partial charge is 0.497 e. The number of anilines is 2. The number of amidine groups is 1. The van der Waals surface area contributed by atoms with Crippen LogP contribution in [-0.4, -0.2) is 51.1 Å². The fourth-order valence-corrected chi connectivity index (χ4v) is 4.91. The predicted molar refractivity (Wildman–Crippen MR) is 148 cm³/mol.